The Morgan fingerprint density at radius 1 is 1.33 bits per heavy atom. The lowest BCUT2D eigenvalue weighted by Gasteiger charge is -2.21. The average Bonchev–Trinajstić information content (AvgIpc) is 2.91. The van der Waals surface area contributed by atoms with Gasteiger partial charge in [0.05, 0.1) is 6.54 Å². The minimum Gasteiger partial charge on any atom is -0.466 e. The highest BCUT2D eigenvalue weighted by atomic mass is 127. The number of aryl methyl sites for hydroxylation is 2. The molecule has 0 aliphatic rings. The van der Waals surface area contributed by atoms with Gasteiger partial charge in [0.2, 0.25) is 5.91 Å². The van der Waals surface area contributed by atoms with Gasteiger partial charge in [-0.2, -0.15) is 0 Å². The maximum absolute atomic E-state index is 11.8. The molecule has 0 radical (unpaired) electrons. The molecule has 1 aromatic rings. The summed E-state index contributed by atoms with van der Waals surface area (Å²) in [6.07, 6.45) is 1.27. The molecule has 1 amide bonds. The molecule has 0 saturated carbocycles. The first kappa shape index (κ1) is 25.7. The van der Waals surface area contributed by atoms with E-state index in [9.17, 15) is 9.90 Å². The van der Waals surface area contributed by atoms with E-state index in [1.165, 1.54) is 0 Å². The molecular formula is C19H35IN4O3. The summed E-state index contributed by atoms with van der Waals surface area (Å²) >= 11 is 0. The van der Waals surface area contributed by atoms with E-state index in [-0.39, 0.29) is 42.5 Å². The summed E-state index contributed by atoms with van der Waals surface area (Å²) in [5.41, 5.74) is -0.388. The number of aliphatic imine (C=N–C) groups is 1. The summed E-state index contributed by atoms with van der Waals surface area (Å²) in [5.74, 6) is 2.04. The largest absolute Gasteiger partial charge is 0.466 e. The first-order valence-electron chi connectivity index (χ1n) is 9.31. The first-order chi connectivity index (χ1) is 12.2. The van der Waals surface area contributed by atoms with Crippen LogP contribution in [-0.4, -0.2) is 42.6 Å². The van der Waals surface area contributed by atoms with Crippen molar-refractivity contribution in [3.05, 3.63) is 23.2 Å². The van der Waals surface area contributed by atoms with Crippen molar-refractivity contribution in [3.8, 4) is 0 Å². The van der Waals surface area contributed by atoms with Gasteiger partial charge in [-0.1, -0.05) is 6.92 Å². The van der Waals surface area contributed by atoms with Crippen molar-refractivity contribution in [2.75, 3.05) is 19.6 Å². The molecule has 0 bridgehead atoms. The molecule has 1 heterocycles. The Labute approximate surface area is 179 Å². The minimum absolute atomic E-state index is 0. The van der Waals surface area contributed by atoms with E-state index in [2.05, 4.69) is 20.9 Å². The average molecular weight is 494 g/mol. The Bertz CT molecular complexity index is 614. The number of aliphatic hydroxyl groups is 1. The standard InChI is InChI=1S/C19H34N4O3.HI/c1-7-13(3)23-17(24)9-10-21-18(20-8-2)22-12-19(6,25)16-11-14(4)26-15(16)5;/h11,13,25H,7-10,12H2,1-6H3,(H,23,24)(H2,20,21,22);1H. The third-order valence-electron chi connectivity index (χ3n) is 4.17. The van der Waals surface area contributed by atoms with Gasteiger partial charge in [0.1, 0.15) is 17.1 Å². The molecule has 0 fully saturated rings. The normalized spacial score (nSPS) is 14.7. The Kier molecular flexibility index (Phi) is 11.6. The summed E-state index contributed by atoms with van der Waals surface area (Å²) in [7, 11) is 0. The lowest BCUT2D eigenvalue weighted by molar-refractivity contribution is -0.121. The fourth-order valence-corrected chi connectivity index (χ4v) is 2.57. The van der Waals surface area contributed by atoms with Crippen LogP contribution in [0, 0.1) is 13.8 Å². The van der Waals surface area contributed by atoms with Gasteiger partial charge in [0.25, 0.3) is 0 Å². The SMILES string of the molecule is CCNC(=NCC(C)(O)c1cc(C)oc1C)NCCC(=O)NC(C)CC.I. The number of nitrogens with one attached hydrogen (secondary N) is 3. The molecule has 156 valence electrons. The molecule has 0 aromatic carbocycles. The second-order valence-electron chi connectivity index (χ2n) is 6.85. The van der Waals surface area contributed by atoms with E-state index in [0.717, 1.165) is 17.7 Å². The molecule has 7 nitrogen and oxygen atoms in total. The van der Waals surface area contributed by atoms with Crippen molar-refractivity contribution in [2.45, 2.75) is 66.0 Å². The van der Waals surface area contributed by atoms with Crippen molar-refractivity contribution in [1.29, 1.82) is 0 Å². The van der Waals surface area contributed by atoms with Gasteiger partial charge in [-0.25, -0.2) is 4.99 Å². The molecule has 2 atom stereocenters. The maximum Gasteiger partial charge on any atom is 0.221 e. The molecule has 1 aromatic heterocycles. The minimum atomic E-state index is -1.13. The number of guanidine groups is 1. The van der Waals surface area contributed by atoms with Crippen LogP contribution in [0.2, 0.25) is 0 Å². The zero-order valence-corrected chi connectivity index (χ0v) is 19.6. The van der Waals surface area contributed by atoms with E-state index in [4.69, 9.17) is 4.42 Å². The predicted molar refractivity (Wildman–Crippen MR) is 120 cm³/mol. The van der Waals surface area contributed by atoms with Crippen LogP contribution in [0.3, 0.4) is 0 Å². The first-order valence-corrected chi connectivity index (χ1v) is 9.31. The zero-order valence-electron chi connectivity index (χ0n) is 17.3. The molecule has 4 N–H and O–H groups in total. The van der Waals surface area contributed by atoms with Gasteiger partial charge < -0.3 is 25.5 Å². The number of carbonyl (C=O) groups is 1. The number of nitrogens with zero attached hydrogens (tertiary/aromatic N) is 1. The Morgan fingerprint density at radius 2 is 2.00 bits per heavy atom. The van der Waals surface area contributed by atoms with Crippen LogP contribution in [0.4, 0.5) is 0 Å². The van der Waals surface area contributed by atoms with Crippen LogP contribution >= 0.6 is 24.0 Å². The highest BCUT2D eigenvalue weighted by molar-refractivity contribution is 14.0. The van der Waals surface area contributed by atoms with E-state index in [1.807, 2.05) is 40.7 Å². The molecule has 2 unspecified atom stereocenters. The number of halogens is 1. The molecule has 27 heavy (non-hydrogen) atoms. The third-order valence-corrected chi connectivity index (χ3v) is 4.17. The van der Waals surface area contributed by atoms with Crippen molar-refractivity contribution in [3.63, 3.8) is 0 Å². The van der Waals surface area contributed by atoms with Crippen molar-refractivity contribution >= 4 is 35.8 Å². The maximum atomic E-state index is 11.8. The van der Waals surface area contributed by atoms with Gasteiger partial charge in [0.15, 0.2) is 5.96 Å². The van der Waals surface area contributed by atoms with Gasteiger partial charge in [0, 0.05) is 31.1 Å². The van der Waals surface area contributed by atoms with Crippen molar-refractivity contribution in [1.82, 2.24) is 16.0 Å². The molecule has 1 rings (SSSR count). The number of hydrogen-bond donors (Lipinski definition) is 4. The number of rotatable bonds is 9. The van der Waals surface area contributed by atoms with Crippen LogP contribution < -0.4 is 16.0 Å². The lowest BCUT2D eigenvalue weighted by atomic mass is 9.96. The molecule has 0 saturated heterocycles. The fraction of sp³-hybridized carbons (Fsp3) is 0.684. The van der Waals surface area contributed by atoms with E-state index in [0.29, 0.717) is 31.2 Å². The number of furan rings is 1. The van der Waals surface area contributed by atoms with Gasteiger partial charge >= 0.3 is 0 Å². The fourth-order valence-electron chi connectivity index (χ4n) is 2.57. The molecule has 0 aliphatic carbocycles. The summed E-state index contributed by atoms with van der Waals surface area (Å²) < 4.78 is 5.50. The van der Waals surface area contributed by atoms with E-state index in [1.54, 1.807) is 6.92 Å². The van der Waals surface area contributed by atoms with Crippen molar-refractivity contribution < 1.29 is 14.3 Å². The topological polar surface area (TPSA) is 98.9 Å². The van der Waals surface area contributed by atoms with Crippen LogP contribution in [0.15, 0.2) is 15.5 Å². The lowest BCUT2D eigenvalue weighted by Crippen LogP contribution is -2.41. The van der Waals surface area contributed by atoms with Gasteiger partial charge in [-0.3, -0.25) is 4.79 Å². The van der Waals surface area contributed by atoms with E-state index < -0.39 is 5.60 Å². The summed E-state index contributed by atoms with van der Waals surface area (Å²) in [5, 5.41) is 19.9. The smallest absolute Gasteiger partial charge is 0.221 e. The highest BCUT2D eigenvalue weighted by Crippen LogP contribution is 2.27. The van der Waals surface area contributed by atoms with Crippen LogP contribution in [0.5, 0.6) is 0 Å². The molecule has 8 heteroatoms. The highest BCUT2D eigenvalue weighted by Gasteiger charge is 2.27. The Hall–Kier alpha value is -1.29. The van der Waals surface area contributed by atoms with Crippen LogP contribution in [0.25, 0.3) is 0 Å². The van der Waals surface area contributed by atoms with Crippen LogP contribution in [0.1, 0.15) is 57.6 Å². The monoisotopic (exact) mass is 494 g/mol. The van der Waals surface area contributed by atoms with Crippen molar-refractivity contribution in [2.24, 2.45) is 4.99 Å². The Balaban J connectivity index is 0.00000676. The van der Waals surface area contributed by atoms with Gasteiger partial charge in [-0.05, 0) is 47.1 Å². The predicted octanol–water partition coefficient (Wildman–Crippen LogP) is 2.58. The van der Waals surface area contributed by atoms with Gasteiger partial charge in [-0.15, -0.1) is 24.0 Å². The zero-order chi connectivity index (χ0) is 19.7. The second kappa shape index (κ2) is 12.2. The summed E-state index contributed by atoms with van der Waals surface area (Å²) in [6.45, 7) is 12.7. The molecular weight excluding hydrogens is 459 g/mol. The molecule has 0 spiro atoms. The van der Waals surface area contributed by atoms with Crippen LogP contribution in [-0.2, 0) is 10.4 Å². The summed E-state index contributed by atoms with van der Waals surface area (Å²) in [4.78, 5) is 16.3. The summed E-state index contributed by atoms with van der Waals surface area (Å²) in [6, 6.07) is 2.02. The second-order valence-corrected chi connectivity index (χ2v) is 6.85. The number of carbonyl (C=O) groups excluding carboxylic acids is 1. The quantitative estimate of drug-likeness (QED) is 0.240. The Morgan fingerprint density at radius 3 is 2.52 bits per heavy atom. The van der Waals surface area contributed by atoms with E-state index >= 15 is 0 Å². The number of hydrogen-bond acceptors (Lipinski definition) is 4. The number of amides is 1. The molecule has 0 aliphatic heterocycles. The third kappa shape index (κ3) is 8.96.